The van der Waals surface area contributed by atoms with Crippen molar-refractivity contribution in [2.75, 3.05) is 23.9 Å². The Morgan fingerprint density at radius 1 is 1.08 bits per heavy atom. The van der Waals surface area contributed by atoms with E-state index in [1.807, 2.05) is 13.0 Å². The maximum Gasteiger partial charge on any atom is 0.270 e. The van der Waals surface area contributed by atoms with Crippen LogP contribution in [0.25, 0.3) is 6.08 Å². The van der Waals surface area contributed by atoms with Crippen LogP contribution in [0.1, 0.15) is 11.1 Å². The van der Waals surface area contributed by atoms with Gasteiger partial charge in [-0.2, -0.15) is 0 Å². The first kappa shape index (κ1) is 25.9. The van der Waals surface area contributed by atoms with E-state index in [1.54, 1.807) is 60.7 Å². The highest BCUT2D eigenvalue weighted by Crippen LogP contribution is 2.30. The smallest absolute Gasteiger partial charge is 0.270 e. The van der Waals surface area contributed by atoms with Gasteiger partial charge in [-0.3, -0.25) is 24.6 Å². The van der Waals surface area contributed by atoms with Crippen LogP contribution in [0.3, 0.4) is 0 Å². The highest BCUT2D eigenvalue weighted by molar-refractivity contribution is 7.80. The summed E-state index contributed by atoms with van der Waals surface area (Å²) in [7, 11) is 1.45. The second kappa shape index (κ2) is 11.2. The van der Waals surface area contributed by atoms with Gasteiger partial charge in [0.2, 0.25) is 0 Å². The number of halogens is 1. The molecule has 0 bridgehead atoms. The highest BCUT2D eigenvalue weighted by atomic mass is 35.5. The number of nitrogens with zero attached hydrogens (tertiary/aromatic N) is 1. The van der Waals surface area contributed by atoms with Gasteiger partial charge in [-0.15, -0.1) is 0 Å². The zero-order chi connectivity index (χ0) is 26.5. The van der Waals surface area contributed by atoms with Gasteiger partial charge in [-0.1, -0.05) is 41.9 Å². The van der Waals surface area contributed by atoms with E-state index in [9.17, 15) is 14.4 Å². The number of para-hydroxylation sites is 1. The Bertz CT molecular complexity index is 1420. The first-order valence-electron chi connectivity index (χ1n) is 11.1. The molecule has 0 saturated carbocycles. The molecule has 3 aromatic rings. The van der Waals surface area contributed by atoms with E-state index in [2.05, 4.69) is 10.6 Å². The molecule has 3 aromatic carbocycles. The number of carbonyl (C=O) groups is 3. The minimum atomic E-state index is -0.602. The van der Waals surface area contributed by atoms with E-state index < -0.39 is 11.8 Å². The molecule has 4 rings (SSSR count). The van der Waals surface area contributed by atoms with E-state index in [1.165, 1.54) is 18.1 Å². The molecule has 1 aliphatic rings. The molecular weight excluding hydrogens is 514 g/mol. The normalized spacial score (nSPS) is 14.4. The Balaban J connectivity index is 1.49. The first-order valence-corrected chi connectivity index (χ1v) is 11.9. The summed E-state index contributed by atoms with van der Waals surface area (Å²) in [5.41, 5.74) is 2.42. The predicted octanol–water partition coefficient (Wildman–Crippen LogP) is 4.51. The monoisotopic (exact) mass is 535 g/mol. The van der Waals surface area contributed by atoms with Crippen molar-refractivity contribution < 1.29 is 23.9 Å². The van der Waals surface area contributed by atoms with Crippen molar-refractivity contribution in [3.8, 4) is 11.5 Å². The maximum absolute atomic E-state index is 13.1. The highest BCUT2D eigenvalue weighted by Gasteiger charge is 2.34. The van der Waals surface area contributed by atoms with Crippen molar-refractivity contribution >= 4 is 64.1 Å². The fraction of sp³-hybridized carbons (Fsp3) is 0.111. The molecule has 0 radical (unpaired) electrons. The van der Waals surface area contributed by atoms with Gasteiger partial charge < -0.3 is 14.8 Å². The molecule has 2 N–H and O–H groups in total. The number of anilines is 2. The molecule has 1 heterocycles. The molecule has 37 heavy (non-hydrogen) atoms. The summed E-state index contributed by atoms with van der Waals surface area (Å²) in [5, 5.41) is 5.82. The first-order chi connectivity index (χ1) is 17.8. The fourth-order valence-corrected chi connectivity index (χ4v) is 4.00. The largest absolute Gasteiger partial charge is 0.493 e. The molecule has 1 fully saturated rings. The summed E-state index contributed by atoms with van der Waals surface area (Å²) in [5.74, 6) is -0.899. The SMILES string of the molecule is COc1cc(/C=C2/C(=O)NC(=S)N(c3ccccc3)C2=O)ccc1OCC(=O)Nc1ccc(C)c(Cl)c1. The summed E-state index contributed by atoms with van der Waals surface area (Å²) in [4.78, 5) is 39.3. The molecule has 8 nitrogen and oxygen atoms in total. The van der Waals surface area contributed by atoms with Crippen LogP contribution in [0.4, 0.5) is 11.4 Å². The number of aryl methyl sites for hydroxylation is 1. The van der Waals surface area contributed by atoms with Crippen molar-refractivity contribution in [2.45, 2.75) is 6.92 Å². The lowest BCUT2D eigenvalue weighted by Gasteiger charge is -2.28. The second-order valence-corrected chi connectivity index (χ2v) is 8.80. The van der Waals surface area contributed by atoms with Crippen molar-refractivity contribution in [2.24, 2.45) is 0 Å². The number of ether oxygens (including phenoxy) is 2. The Morgan fingerprint density at radius 3 is 2.54 bits per heavy atom. The molecule has 10 heteroatoms. The number of nitrogens with one attached hydrogen (secondary N) is 2. The summed E-state index contributed by atoms with van der Waals surface area (Å²) < 4.78 is 11.0. The Labute approximate surface area is 223 Å². The standard InChI is InChI=1S/C27H22ClN3O5S/c1-16-8-10-18(14-21(16)28)29-24(32)15-36-22-11-9-17(13-23(22)35-2)12-20-25(33)30-27(37)31(26(20)34)19-6-4-3-5-7-19/h3-14H,15H2,1-2H3,(H,29,32)(H,30,33,37)/b20-12-. The minimum absolute atomic E-state index is 0.00543. The lowest BCUT2D eigenvalue weighted by molar-refractivity contribution is -0.122. The molecule has 1 saturated heterocycles. The van der Waals surface area contributed by atoms with Crippen LogP contribution in [0, 0.1) is 6.92 Å². The van der Waals surface area contributed by atoms with Crippen molar-refractivity contribution in [1.29, 1.82) is 0 Å². The quantitative estimate of drug-likeness (QED) is 0.262. The zero-order valence-corrected chi connectivity index (χ0v) is 21.5. The molecule has 0 aliphatic carbocycles. The van der Waals surface area contributed by atoms with Crippen molar-refractivity contribution in [1.82, 2.24) is 5.32 Å². The molecule has 1 aliphatic heterocycles. The Hall–Kier alpha value is -4.21. The molecule has 0 unspecified atom stereocenters. The van der Waals surface area contributed by atoms with Crippen molar-refractivity contribution in [3.05, 3.63) is 88.5 Å². The average Bonchev–Trinajstić information content (AvgIpc) is 2.88. The lowest BCUT2D eigenvalue weighted by Crippen LogP contribution is -2.54. The van der Waals surface area contributed by atoms with Crippen LogP contribution in [0.5, 0.6) is 11.5 Å². The van der Waals surface area contributed by atoms with E-state index in [0.717, 1.165) is 5.56 Å². The summed E-state index contributed by atoms with van der Waals surface area (Å²) in [6.07, 6.45) is 1.44. The fourth-order valence-electron chi connectivity index (χ4n) is 3.54. The summed E-state index contributed by atoms with van der Waals surface area (Å²) in [6, 6.07) is 18.8. The number of thiocarbonyl (C=S) groups is 1. The molecule has 0 atom stereocenters. The third kappa shape index (κ3) is 5.96. The van der Waals surface area contributed by atoms with Crippen LogP contribution in [-0.4, -0.2) is 36.6 Å². The maximum atomic E-state index is 13.1. The molecule has 0 spiro atoms. The van der Waals surface area contributed by atoms with E-state index in [4.69, 9.17) is 33.3 Å². The zero-order valence-electron chi connectivity index (χ0n) is 19.9. The molecule has 0 aromatic heterocycles. The van der Waals surface area contributed by atoms with Gasteiger partial charge in [-0.25, -0.2) is 0 Å². The number of benzene rings is 3. The van der Waals surface area contributed by atoms with E-state index >= 15 is 0 Å². The van der Waals surface area contributed by atoms with Gasteiger partial charge in [-0.05, 0) is 72.7 Å². The molecule has 188 valence electrons. The van der Waals surface area contributed by atoms with Crippen LogP contribution in [0.2, 0.25) is 5.02 Å². The minimum Gasteiger partial charge on any atom is -0.493 e. The number of rotatable bonds is 7. The van der Waals surface area contributed by atoms with Crippen LogP contribution < -0.4 is 25.0 Å². The van der Waals surface area contributed by atoms with Crippen LogP contribution >= 0.6 is 23.8 Å². The third-order valence-corrected chi connectivity index (χ3v) is 6.12. The van der Waals surface area contributed by atoms with Gasteiger partial charge in [0.25, 0.3) is 17.7 Å². The van der Waals surface area contributed by atoms with Gasteiger partial charge in [0.1, 0.15) is 5.57 Å². The van der Waals surface area contributed by atoms with Gasteiger partial charge in [0.15, 0.2) is 23.2 Å². The number of methoxy groups -OCH3 is 1. The number of amides is 3. The Kier molecular flexibility index (Phi) is 7.86. The molecular formula is C27H22ClN3O5S. The third-order valence-electron chi connectivity index (χ3n) is 5.43. The van der Waals surface area contributed by atoms with Gasteiger partial charge in [0.05, 0.1) is 12.8 Å². The summed E-state index contributed by atoms with van der Waals surface area (Å²) in [6.45, 7) is 1.60. The Morgan fingerprint density at radius 2 is 1.84 bits per heavy atom. The van der Waals surface area contributed by atoms with Crippen LogP contribution in [0.15, 0.2) is 72.3 Å². The number of carbonyl (C=O) groups excluding carboxylic acids is 3. The molecule has 3 amide bonds. The topological polar surface area (TPSA) is 97.0 Å². The van der Waals surface area contributed by atoms with Gasteiger partial charge in [0, 0.05) is 10.7 Å². The van der Waals surface area contributed by atoms with E-state index in [0.29, 0.717) is 33.5 Å². The summed E-state index contributed by atoms with van der Waals surface area (Å²) >= 11 is 11.3. The lowest BCUT2D eigenvalue weighted by atomic mass is 10.1. The average molecular weight is 536 g/mol. The predicted molar refractivity (Wildman–Crippen MR) is 146 cm³/mol. The number of hydrogen-bond donors (Lipinski definition) is 2. The van der Waals surface area contributed by atoms with E-state index in [-0.39, 0.29) is 23.2 Å². The van der Waals surface area contributed by atoms with Crippen LogP contribution in [-0.2, 0) is 14.4 Å². The van der Waals surface area contributed by atoms with Gasteiger partial charge >= 0.3 is 0 Å². The van der Waals surface area contributed by atoms with Crippen molar-refractivity contribution in [3.63, 3.8) is 0 Å². The second-order valence-electron chi connectivity index (χ2n) is 8.00. The number of hydrogen-bond acceptors (Lipinski definition) is 6.